The lowest BCUT2D eigenvalue weighted by Gasteiger charge is -2.26. The molecule has 3 heterocycles. The van der Waals surface area contributed by atoms with E-state index >= 15 is 0 Å². The quantitative estimate of drug-likeness (QED) is 0.559. The summed E-state index contributed by atoms with van der Waals surface area (Å²) < 4.78 is 11.0. The van der Waals surface area contributed by atoms with E-state index in [9.17, 15) is 14.4 Å². The van der Waals surface area contributed by atoms with Crippen LogP contribution in [0.5, 0.6) is 0 Å². The molecule has 0 radical (unpaired) electrons. The van der Waals surface area contributed by atoms with Gasteiger partial charge in [-0.2, -0.15) is 0 Å². The first kappa shape index (κ1) is 21.1. The molecular weight excluding hydrogens is 420 g/mol. The normalized spacial score (nSPS) is 19.2. The van der Waals surface area contributed by atoms with Gasteiger partial charge in [0.1, 0.15) is 5.76 Å². The second kappa shape index (κ2) is 8.65. The van der Waals surface area contributed by atoms with Gasteiger partial charge in [-0.25, -0.2) is 9.78 Å². The minimum absolute atomic E-state index is 0.218. The van der Waals surface area contributed by atoms with E-state index in [2.05, 4.69) is 6.92 Å². The smallest absolute Gasteiger partial charge is 0.339 e. The van der Waals surface area contributed by atoms with Crippen LogP contribution in [-0.4, -0.2) is 40.8 Å². The average Bonchev–Trinajstić information content (AvgIpc) is 3.47. The molecule has 3 aromatic rings. The minimum atomic E-state index is -0.573. The highest BCUT2D eigenvalue weighted by atomic mass is 16.5. The van der Waals surface area contributed by atoms with Crippen molar-refractivity contribution in [2.24, 2.45) is 5.92 Å². The molecule has 2 aliphatic rings. The number of hydrogen-bond donors (Lipinski definition) is 0. The summed E-state index contributed by atoms with van der Waals surface area (Å²) in [6, 6.07) is 11.2. The van der Waals surface area contributed by atoms with Crippen LogP contribution in [0.25, 0.3) is 22.6 Å². The number of carbonyl (C=O) groups excluding carboxylic acids is 3. The van der Waals surface area contributed by atoms with Crippen molar-refractivity contribution >= 4 is 40.3 Å². The Labute approximate surface area is 191 Å². The molecule has 1 fully saturated rings. The minimum Gasteiger partial charge on any atom is -0.465 e. The molecule has 2 amide bonds. The van der Waals surface area contributed by atoms with Crippen molar-refractivity contribution in [2.45, 2.75) is 32.6 Å². The van der Waals surface area contributed by atoms with E-state index in [-0.39, 0.29) is 11.8 Å². The first-order chi connectivity index (χ1) is 16.0. The van der Waals surface area contributed by atoms with Gasteiger partial charge in [-0.1, -0.05) is 25.1 Å². The molecule has 33 heavy (non-hydrogen) atoms. The predicted molar refractivity (Wildman–Crippen MR) is 122 cm³/mol. The Balaban J connectivity index is 1.54. The highest BCUT2D eigenvalue weighted by molar-refractivity contribution is 6.07. The summed E-state index contributed by atoms with van der Waals surface area (Å²) in [5.41, 5.74) is 3.70. The second-order valence-electron chi connectivity index (χ2n) is 8.65. The Morgan fingerprint density at radius 1 is 1.21 bits per heavy atom. The molecule has 5 rings (SSSR count). The third kappa shape index (κ3) is 4.06. The van der Waals surface area contributed by atoms with Gasteiger partial charge in [-0.05, 0) is 60.6 Å². The van der Waals surface area contributed by atoms with Gasteiger partial charge in [0.15, 0.2) is 6.61 Å². The van der Waals surface area contributed by atoms with Gasteiger partial charge in [0.05, 0.1) is 23.0 Å². The summed E-state index contributed by atoms with van der Waals surface area (Å²) in [6.07, 6.45) is 6.06. The van der Waals surface area contributed by atoms with Crippen LogP contribution in [0.3, 0.4) is 0 Å². The molecule has 2 aromatic heterocycles. The molecule has 7 heteroatoms. The fraction of sp³-hybridized carbons (Fsp3) is 0.308. The van der Waals surface area contributed by atoms with Gasteiger partial charge >= 0.3 is 5.97 Å². The molecule has 1 aliphatic heterocycles. The number of likely N-dealkylation sites (tertiary alicyclic amines) is 1. The van der Waals surface area contributed by atoms with E-state index in [0.717, 1.165) is 29.0 Å². The van der Waals surface area contributed by atoms with Gasteiger partial charge in [0.2, 0.25) is 5.91 Å². The van der Waals surface area contributed by atoms with Gasteiger partial charge < -0.3 is 9.15 Å². The second-order valence-corrected chi connectivity index (χ2v) is 8.65. The van der Waals surface area contributed by atoms with Gasteiger partial charge in [0.25, 0.3) is 5.91 Å². The fourth-order valence-corrected chi connectivity index (χ4v) is 4.70. The Morgan fingerprint density at radius 3 is 2.82 bits per heavy atom. The molecule has 168 valence electrons. The lowest BCUT2D eigenvalue weighted by Crippen LogP contribution is -2.35. The van der Waals surface area contributed by atoms with Crippen LogP contribution in [0.15, 0.2) is 47.1 Å². The van der Waals surface area contributed by atoms with Crippen molar-refractivity contribution < 1.29 is 23.5 Å². The molecule has 1 aliphatic carbocycles. The summed E-state index contributed by atoms with van der Waals surface area (Å²) in [5, 5.41) is 0.692. The van der Waals surface area contributed by atoms with Crippen LogP contribution in [0.2, 0.25) is 0 Å². The Morgan fingerprint density at radius 2 is 2.06 bits per heavy atom. The number of esters is 1. The monoisotopic (exact) mass is 444 g/mol. The Bertz CT molecular complexity index is 1280. The number of carbonyl (C=O) groups is 3. The lowest BCUT2D eigenvalue weighted by molar-refractivity contribution is -0.143. The molecule has 0 saturated carbocycles. The standard InChI is InChI=1S/C26H24N2O5/c1-16-12-17(14-18-6-5-11-32-18)25-20(13-16)24(19-7-2-3-8-21(19)27-25)26(31)33-15-23(30)28-10-4-9-22(28)29/h2-3,5-8,11,14,16H,4,9-10,12-13,15H2,1H3/b17-14+. The summed E-state index contributed by atoms with van der Waals surface area (Å²) in [5.74, 6) is -0.257. The van der Waals surface area contributed by atoms with E-state index in [1.54, 1.807) is 6.26 Å². The molecule has 1 aromatic carbocycles. The molecule has 1 saturated heterocycles. The number of fused-ring (bicyclic) bond motifs is 2. The maximum Gasteiger partial charge on any atom is 0.339 e. The van der Waals surface area contributed by atoms with Crippen molar-refractivity contribution in [3.63, 3.8) is 0 Å². The average molecular weight is 444 g/mol. The predicted octanol–water partition coefficient (Wildman–Crippen LogP) is 4.26. The molecule has 0 bridgehead atoms. The molecule has 1 unspecified atom stereocenters. The third-order valence-electron chi connectivity index (χ3n) is 6.18. The van der Waals surface area contributed by atoms with Crippen molar-refractivity contribution in [1.82, 2.24) is 9.88 Å². The van der Waals surface area contributed by atoms with Crippen molar-refractivity contribution in [3.8, 4) is 0 Å². The van der Waals surface area contributed by atoms with E-state index in [0.29, 0.717) is 42.3 Å². The number of nitrogens with zero attached hydrogens (tertiary/aromatic N) is 2. The number of pyridine rings is 1. The zero-order valence-corrected chi connectivity index (χ0v) is 18.4. The third-order valence-corrected chi connectivity index (χ3v) is 6.18. The van der Waals surface area contributed by atoms with Crippen molar-refractivity contribution in [3.05, 3.63) is 65.2 Å². The number of allylic oxidation sites excluding steroid dienone is 1. The van der Waals surface area contributed by atoms with Gasteiger partial charge in [0, 0.05) is 18.4 Å². The highest BCUT2D eigenvalue weighted by Crippen LogP contribution is 2.38. The van der Waals surface area contributed by atoms with Crippen LogP contribution < -0.4 is 0 Å². The van der Waals surface area contributed by atoms with Crippen molar-refractivity contribution in [2.75, 3.05) is 13.2 Å². The van der Waals surface area contributed by atoms with Crippen LogP contribution >= 0.6 is 0 Å². The summed E-state index contributed by atoms with van der Waals surface area (Å²) in [6.45, 7) is 2.05. The largest absolute Gasteiger partial charge is 0.465 e. The van der Waals surface area contributed by atoms with E-state index in [1.807, 2.05) is 42.5 Å². The van der Waals surface area contributed by atoms with Crippen LogP contribution in [0, 0.1) is 5.92 Å². The first-order valence-electron chi connectivity index (χ1n) is 11.2. The number of hydrogen-bond acceptors (Lipinski definition) is 6. The maximum atomic E-state index is 13.3. The number of imide groups is 1. The summed E-state index contributed by atoms with van der Waals surface area (Å²) in [7, 11) is 0. The van der Waals surface area contributed by atoms with Gasteiger partial charge in [-0.15, -0.1) is 0 Å². The number of furan rings is 1. The topological polar surface area (TPSA) is 89.7 Å². The van der Waals surface area contributed by atoms with Gasteiger partial charge in [-0.3, -0.25) is 14.5 Å². The number of rotatable bonds is 4. The number of ether oxygens (including phenoxy) is 1. The zero-order valence-electron chi connectivity index (χ0n) is 18.4. The maximum absolute atomic E-state index is 13.3. The molecule has 7 nitrogen and oxygen atoms in total. The van der Waals surface area contributed by atoms with E-state index in [1.165, 1.54) is 4.90 Å². The fourth-order valence-electron chi connectivity index (χ4n) is 4.70. The SMILES string of the molecule is CC1C/C(=C\c2ccco2)c2nc3ccccc3c(C(=O)OCC(=O)N3CCCC3=O)c2C1. The lowest BCUT2D eigenvalue weighted by atomic mass is 9.81. The number of aromatic nitrogens is 1. The Kier molecular flexibility index (Phi) is 5.54. The summed E-state index contributed by atoms with van der Waals surface area (Å²) in [4.78, 5) is 43.6. The summed E-state index contributed by atoms with van der Waals surface area (Å²) >= 11 is 0. The van der Waals surface area contributed by atoms with Crippen LogP contribution in [-0.2, 0) is 20.7 Å². The first-order valence-corrected chi connectivity index (χ1v) is 11.2. The molecule has 0 spiro atoms. The molecular formula is C26H24N2O5. The number of amides is 2. The van der Waals surface area contributed by atoms with Crippen LogP contribution in [0.4, 0.5) is 0 Å². The highest BCUT2D eigenvalue weighted by Gasteiger charge is 2.31. The van der Waals surface area contributed by atoms with E-state index < -0.39 is 18.5 Å². The van der Waals surface area contributed by atoms with E-state index in [4.69, 9.17) is 14.1 Å². The molecule has 1 atom stereocenters. The zero-order chi connectivity index (χ0) is 22.9. The number of para-hydroxylation sites is 1. The van der Waals surface area contributed by atoms with Crippen molar-refractivity contribution in [1.29, 1.82) is 0 Å². The van der Waals surface area contributed by atoms with Crippen LogP contribution in [0.1, 0.15) is 53.6 Å². The Hall–Kier alpha value is -3.74. The number of benzene rings is 1. The molecule has 0 N–H and O–H groups in total.